The van der Waals surface area contributed by atoms with Gasteiger partial charge in [-0.3, -0.25) is 14.9 Å². The normalized spacial score (nSPS) is 11.6. The van der Waals surface area contributed by atoms with E-state index in [1.807, 2.05) is 6.92 Å². The van der Waals surface area contributed by atoms with Crippen LogP contribution in [0.4, 0.5) is 5.69 Å². The number of nitrogens with one attached hydrogen (secondary N) is 2. The summed E-state index contributed by atoms with van der Waals surface area (Å²) in [6.07, 6.45) is 0.375. The van der Waals surface area contributed by atoms with Gasteiger partial charge in [0.15, 0.2) is 0 Å². The highest BCUT2D eigenvalue weighted by atomic mass is 32.2. The molecule has 0 bridgehead atoms. The van der Waals surface area contributed by atoms with Crippen LogP contribution in [0.25, 0.3) is 0 Å². The van der Waals surface area contributed by atoms with Crippen LogP contribution in [0.5, 0.6) is 11.8 Å². The summed E-state index contributed by atoms with van der Waals surface area (Å²) in [5.74, 6) is -2.46. The minimum Gasteiger partial charge on any atom is -0.492 e. The lowest BCUT2D eigenvalue weighted by Gasteiger charge is -2.17. The maximum atomic E-state index is 12.5. The van der Waals surface area contributed by atoms with Crippen LogP contribution in [0.15, 0.2) is 41.3 Å². The highest BCUT2D eigenvalue weighted by molar-refractivity contribution is 7.97. The first-order valence-corrected chi connectivity index (χ1v) is 9.39. The molecule has 0 spiro atoms. The Balaban J connectivity index is 2.15. The zero-order valence-electron chi connectivity index (χ0n) is 15.4. The fourth-order valence-corrected chi connectivity index (χ4v) is 3.02. The van der Waals surface area contributed by atoms with Crippen LogP contribution in [-0.2, 0) is 9.59 Å². The van der Waals surface area contributed by atoms with Gasteiger partial charge in [-0.15, -0.1) is 4.73 Å². The van der Waals surface area contributed by atoms with Gasteiger partial charge < -0.3 is 20.4 Å². The van der Waals surface area contributed by atoms with Gasteiger partial charge >= 0.3 is 5.97 Å². The number of nitrogens with zero attached hydrogens (tertiary/aromatic N) is 2. The second-order valence-corrected chi connectivity index (χ2v) is 6.69. The van der Waals surface area contributed by atoms with Crippen molar-refractivity contribution >= 4 is 29.5 Å². The Morgan fingerprint density at radius 1 is 1.24 bits per heavy atom. The van der Waals surface area contributed by atoms with Crippen LogP contribution in [0.3, 0.4) is 0 Å². The van der Waals surface area contributed by atoms with Crippen molar-refractivity contribution in [2.45, 2.75) is 30.7 Å². The smallest absolute Gasteiger partial charge is 0.351 e. The largest absolute Gasteiger partial charge is 0.492 e. The summed E-state index contributed by atoms with van der Waals surface area (Å²) in [6.45, 7) is 2.28. The number of para-hydroxylation sites is 1. The molecule has 2 rings (SSSR count). The third-order valence-corrected chi connectivity index (χ3v) is 4.57. The van der Waals surface area contributed by atoms with Gasteiger partial charge in [0.1, 0.15) is 10.9 Å². The van der Waals surface area contributed by atoms with E-state index in [0.717, 1.165) is 24.1 Å². The maximum Gasteiger partial charge on any atom is 0.351 e. The number of hydrogen-bond donors (Lipinski definition) is 4. The van der Waals surface area contributed by atoms with Gasteiger partial charge in [-0.05, 0) is 24.4 Å². The Morgan fingerprint density at radius 2 is 1.90 bits per heavy atom. The Labute approximate surface area is 169 Å². The van der Waals surface area contributed by atoms with Crippen LogP contribution in [0.1, 0.15) is 19.8 Å². The van der Waals surface area contributed by atoms with Crippen LogP contribution >= 0.6 is 11.9 Å². The monoisotopic (exact) mass is 424 g/mol. The third kappa shape index (κ3) is 6.12. The fraction of sp³-hybridized carbons (Fsp3) is 0.294. The molecular weight excluding hydrogens is 404 g/mol. The van der Waals surface area contributed by atoms with Gasteiger partial charge in [0.2, 0.25) is 17.7 Å². The molecule has 11 nitrogen and oxygen atoms in total. The average molecular weight is 424 g/mol. The molecule has 4 N–H and O–H groups in total. The van der Waals surface area contributed by atoms with Crippen molar-refractivity contribution < 1.29 is 29.6 Å². The van der Waals surface area contributed by atoms with Crippen molar-refractivity contribution in [3.63, 3.8) is 0 Å². The molecule has 0 fully saturated rings. The maximum absolute atomic E-state index is 12.5. The predicted octanol–water partition coefficient (Wildman–Crippen LogP) is 1.34. The lowest BCUT2D eigenvalue weighted by molar-refractivity contribution is -0.387. The van der Waals surface area contributed by atoms with Crippen LogP contribution in [0, 0.1) is 10.1 Å². The molecule has 1 aromatic heterocycles. The second kappa shape index (κ2) is 10.3. The number of aromatic nitrogens is 1. The van der Waals surface area contributed by atoms with E-state index in [0.29, 0.717) is 17.7 Å². The lowest BCUT2D eigenvalue weighted by atomic mass is 10.2. The minimum atomic E-state index is -1.22. The fourth-order valence-electron chi connectivity index (χ4n) is 2.17. The Hall–Kier alpha value is -3.25. The molecule has 2 aromatic rings. The van der Waals surface area contributed by atoms with E-state index in [2.05, 4.69) is 10.0 Å². The molecule has 0 aliphatic rings. The SMILES string of the molecule is CCCNC(=O)CC(NSc1ccccc1[N+](=O)[O-])C(=O)On1c(O)ccc1O. The van der Waals surface area contributed by atoms with Crippen molar-refractivity contribution in [1.82, 2.24) is 14.8 Å². The molecule has 1 unspecified atom stereocenters. The quantitative estimate of drug-likeness (QED) is 0.251. The summed E-state index contributed by atoms with van der Waals surface area (Å²) < 4.78 is 3.19. The number of carbonyl (C=O) groups excluding carboxylic acids is 2. The highest BCUT2D eigenvalue weighted by Gasteiger charge is 2.27. The van der Waals surface area contributed by atoms with Gasteiger partial charge in [0.25, 0.3) is 5.69 Å². The number of amides is 1. The van der Waals surface area contributed by atoms with Crippen LogP contribution < -0.4 is 14.9 Å². The summed E-state index contributed by atoms with van der Waals surface area (Å²) in [4.78, 5) is 40.3. The molecule has 0 radical (unpaired) electrons. The number of nitro benzene ring substituents is 1. The van der Waals surface area contributed by atoms with Crippen molar-refractivity contribution in [3.8, 4) is 11.8 Å². The number of rotatable bonds is 10. The number of carbonyl (C=O) groups is 2. The first-order valence-electron chi connectivity index (χ1n) is 8.57. The van der Waals surface area contributed by atoms with Crippen molar-refractivity contribution in [2.24, 2.45) is 0 Å². The van der Waals surface area contributed by atoms with E-state index < -0.39 is 34.6 Å². The number of benzene rings is 1. The number of nitro groups is 1. The zero-order chi connectivity index (χ0) is 21.4. The van der Waals surface area contributed by atoms with E-state index in [1.165, 1.54) is 18.2 Å². The van der Waals surface area contributed by atoms with E-state index in [9.17, 15) is 29.9 Å². The van der Waals surface area contributed by atoms with Crippen molar-refractivity contribution in [2.75, 3.05) is 6.54 Å². The molecule has 156 valence electrons. The van der Waals surface area contributed by atoms with Gasteiger partial charge in [-0.2, -0.15) is 0 Å². The minimum absolute atomic E-state index is 0.173. The predicted molar refractivity (Wildman–Crippen MR) is 103 cm³/mol. The molecule has 0 saturated heterocycles. The van der Waals surface area contributed by atoms with Gasteiger partial charge in [-0.1, -0.05) is 19.1 Å². The van der Waals surface area contributed by atoms with Gasteiger partial charge in [0.05, 0.1) is 11.3 Å². The standard InChI is InChI=1S/C17H20N4O7S/c1-2-9-18-14(22)10-11(17(25)28-20-15(23)7-8-16(20)24)19-29-13-6-4-3-5-12(13)21(26)27/h3-8,11,19,23-24H,2,9-10H2,1H3,(H,18,22). The molecule has 1 amide bonds. The first kappa shape index (κ1) is 22.0. The third-order valence-electron chi connectivity index (χ3n) is 3.60. The molecule has 12 heteroatoms. The average Bonchev–Trinajstić information content (AvgIpc) is 3.01. The first-order chi connectivity index (χ1) is 13.8. The van der Waals surface area contributed by atoms with E-state index in [1.54, 1.807) is 6.07 Å². The molecular formula is C17H20N4O7S. The Bertz CT molecular complexity index is 867. The zero-order valence-corrected chi connectivity index (χ0v) is 16.2. The van der Waals surface area contributed by atoms with Gasteiger partial charge in [0, 0.05) is 24.7 Å². The molecule has 0 saturated carbocycles. The Kier molecular flexibility index (Phi) is 7.86. The van der Waals surface area contributed by atoms with Crippen LogP contribution in [-0.4, -0.2) is 44.3 Å². The molecule has 1 aromatic carbocycles. The molecule has 0 aliphatic heterocycles. The summed E-state index contributed by atoms with van der Waals surface area (Å²) in [6, 6.07) is 6.89. The van der Waals surface area contributed by atoms with Crippen molar-refractivity contribution in [3.05, 3.63) is 46.5 Å². The van der Waals surface area contributed by atoms with Crippen LogP contribution in [0.2, 0.25) is 0 Å². The van der Waals surface area contributed by atoms with Gasteiger partial charge in [-0.25, -0.2) is 9.52 Å². The summed E-state index contributed by atoms with van der Waals surface area (Å²) >= 11 is 0.792. The lowest BCUT2D eigenvalue weighted by Crippen LogP contribution is -2.42. The topological polar surface area (TPSA) is 156 Å². The molecule has 0 aliphatic carbocycles. The Morgan fingerprint density at radius 3 is 2.52 bits per heavy atom. The highest BCUT2D eigenvalue weighted by Crippen LogP contribution is 2.27. The number of aromatic hydroxyl groups is 2. The molecule has 29 heavy (non-hydrogen) atoms. The number of hydrogen-bond acceptors (Lipinski definition) is 9. The second-order valence-electron chi connectivity index (χ2n) is 5.81. The molecule has 1 atom stereocenters. The molecule has 1 heterocycles. The van der Waals surface area contributed by atoms with Crippen molar-refractivity contribution in [1.29, 1.82) is 0 Å². The van der Waals surface area contributed by atoms with E-state index in [4.69, 9.17) is 4.84 Å². The van der Waals surface area contributed by atoms with E-state index in [-0.39, 0.29) is 17.0 Å². The summed E-state index contributed by atoms with van der Waals surface area (Å²) in [5, 5.41) is 33.0. The van der Waals surface area contributed by atoms with E-state index >= 15 is 0 Å². The summed E-state index contributed by atoms with van der Waals surface area (Å²) in [7, 11) is 0. The summed E-state index contributed by atoms with van der Waals surface area (Å²) in [5.41, 5.74) is -0.173.